The molecule has 0 aliphatic carbocycles. The quantitative estimate of drug-likeness (QED) is 0.355. The number of hydrogen-bond acceptors (Lipinski definition) is 5. The zero-order valence-corrected chi connectivity index (χ0v) is 4.88. The van der Waals surface area contributed by atoms with Gasteiger partial charge in [-0.15, -0.1) is 0 Å². The number of nitrogens with zero attached hydrogens (tertiary/aromatic N) is 3. The Morgan fingerprint density at radius 2 is 2.56 bits per heavy atom. The van der Waals surface area contributed by atoms with E-state index in [2.05, 4.69) is 22.5 Å². The smallest absolute Gasteiger partial charge is 0.244 e. The average molecular weight is 145 g/mol. The lowest BCUT2D eigenvalue weighted by Gasteiger charge is -1.96. The van der Waals surface area contributed by atoms with Crippen molar-refractivity contribution in [3.8, 4) is 0 Å². The van der Waals surface area contributed by atoms with Crippen molar-refractivity contribution in [1.29, 1.82) is 0 Å². The lowest BCUT2D eigenvalue weighted by atomic mass is 11.1. The van der Waals surface area contributed by atoms with E-state index < -0.39 is 6.09 Å². The molecule has 1 aromatic rings. The third-order valence-corrected chi connectivity index (χ3v) is 0.918. The predicted octanol–water partition coefficient (Wildman–Crippen LogP) is -1.47. The first-order valence-corrected chi connectivity index (χ1v) is 2.34. The van der Waals surface area contributed by atoms with Gasteiger partial charge in [-0.1, -0.05) is 10.3 Å². The zero-order chi connectivity index (χ0) is 6.85. The fraction of sp³-hybridized carbons (Fsp3) is 0. The van der Waals surface area contributed by atoms with Crippen molar-refractivity contribution >= 4 is 18.3 Å². The Bertz CT molecular complexity index is 274. The third-order valence-electron chi connectivity index (χ3n) is 0.654. The number of carbonyl (C=O) groups excluding carboxylic acids is 1. The van der Waals surface area contributed by atoms with Crippen molar-refractivity contribution in [2.45, 2.75) is 0 Å². The van der Waals surface area contributed by atoms with Crippen LogP contribution >= 0.6 is 12.2 Å². The molecule has 9 heavy (non-hydrogen) atoms. The van der Waals surface area contributed by atoms with Crippen molar-refractivity contribution in [3.05, 3.63) is 4.77 Å². The minimum absolute atomic E-state index is 0.157. The van der Waals surface area contributed by atoms with Gasteiger partial charge in [0.25, 0.3) is 0 Å². The van der Waals surface area contributed by atoms with Crippen LogP contribution in [0.4, 0.5) is 4.79 Å². The molecule has 6 nitrogen and oxygen atoms in total. The number of carboxylic acid groups (broad SMARTS) is 1. The van der Waals surface area contributed by atoms with Crippen molar-refractivity contribution in [3.63, 3.8) is 0 Å². The average Bonchev–Trinajstić information content (AvgIpc) is 2.13. The molecule has 1 N–H and O–H groups in total. The number of tetrazole rings is 1. The Morgan fingerprint density at radius 3 is 2.78 bits per heavy atom. The maximum atomic E-state index is 9.96. The first kappa shape index (κ1) is 5.89. The van der Waals surface area contributed by atoms with Gasteiger partial charge in [0.05, 0.1) is 0 Å². The van der Waals surface area contributed by atoms with Crippen LogP contribution in [0.5, 0.6) is 0 Å². The van der Waals surface area contributed by atoms with Gasteiger partial charge in [-0.2, -0.15) is 9.90 Å². The summed E-state index contributed by atoms with van der Waals surface area (Å²) in [6, 6.07) is 0. The standard InChI is InChI=1S/C2H2N4O2S/c7-2(8)6-1(9)3-4-5-6/h(H,7,8)(H,3,5,9)/p-1. The molecule has 0 aliphatic rings. The van der Waals surface area contributed by atoms with Crippen LogP contribution in [-0.2, 0) is 0 Å². The minimum atomic E-state index is -1.47. The molecule has 0 bridgehead atoms. The third kappa shape index (κ3) is 0.941. The monoisotopic (exact) mass is 145 g/mol. The number of aromatic nitrogens is 4. The van der Waals surface area contributed by atoms with Crippen LogP contribution in [0.25, 0.3) is 0 Å². The molecule has 0 aliphatic heterocycles. The van der Waals surface area contributed by atoms with Gasteiger partial charge in [0.2, 0.25) is 4.77 Å². The van der Waals surface area contributed by atoms with Gasteiger partial charge in [0.15, 0.2) is 6.09 Å². The van der Waals surface area contributed by atoms with Crippen LogP contribution < -0.4 is 5.11 Å². The van der Waals surface area contributed by atoms with E-state index in [0.29, 0.717) is 4.68 Å². The summed E-state index contributed by atoms with van der Waals surface area (Å²) >= 11 is 4.40. The number of rotatable bonds is 0. The predicted molar refractivity (Wildman–Crippen MR) is 26.0 cm³/mol. The second kappa shape index (κ2) is 1.94. The van der Waals surface area contributed by atoms with Crippen LogP contribution in [0.2, 0.25) is 0 Å². The van der Waals surface area contributed by atoms with E-state index in [-0.39, 0.29) is 4.77 Å². The molecule has 0 atom stereocenters. The van der Waals surface area contributed by atoms with E-state index in [9.17, 15) is 9.90 Å². The molecule has 0 radical (unpaired) electrons. The summed E-state index contributed by atoms with van der Waals surface area (Å²) in [5, 5.41) is 18.2. The Hall–Kier alpha value is -1.24. The molecule has 0 fully saturated rings. The van der Waals surface area contributed by atoms with Crippen LogP contribution in [0.3, 0.4) is 0 Å². The van der Waals surface area contributed by atoms with E-state index in [4.69, 9.17) is 0 Å². The molecule has 0 spiro atoms. The van der Waals surface area contributed by atoms with Crippen LogP contribution in [0.15, 0.2) is 0 Å². The number of carbonyl (C=O) groups is 1. The highest BCUT2D eigenvalue weighted by Crippen LogP contribution is 1.77. The molecule has 1 heterocycles. The SMILES string of the molecule is O=C([O-])n1[nH]nnc1=S. The highest BCUT2D eigenvalue weighted by Gasteiger charge is 1.91. The van der Waals surface area contributed by atoms with Gasteiger partial charge in [0.1, 0.15) is 0 Å². The molecule has 0 aromatic carbocycles. The van der Waals surface area contributed by atoms with E-state index >= 15 is 0 Å². The molecular formula is C2HN4O2S-. The van der Waals surface area contributed by atoms with Crippen molar-refractivity contribution < 1.29 is 9.90 Å². The van der Waals surface area contributed by atoms with Gasteiger partial charge in [-0.05, 0) is 12.2 Å². The molecule has 0 saturated heterocycles. The summed E-state index contributed by atoms with van der Waals surface area (Å²) < 4.78 is 0.366. The molecule has 0 amide bonds. The van der Waals surface area contributed by atoms with E-state index in [1.165, 1.54) is 0 Å². The normalized spacial score (nSPS) is 9.33. The van der Waals surface area contributed by atoms with Gasteiger partial charge < -0.3 is 9.90 Å². The van der Waals surface area contributed by atoms with Crippen molar-refractivity contribution in [1.82, 2.24) is 20.2 Å². The molecule has 0 unspecified atom stereocenters. The molecular weight excluding hydrogens is 144 g/mol. The summed E-state index contributed by atoms with van der Waals surface area (Å²) in [5.74, 6) is 0. The number of H-pyrrole nitrogens is 1. The second-order valence-electron chi connectivity index (χ2n) is 1.18. The maximum absolute atomic E-state index is 9.96. The first-order chi connectivity index (χ1) is 4.22. The summed E-state index contributed by atoms with van der Waals surface area (Å²) in [6.45, 7) is 0. The summed E-state index contributed by atoms with van der Waals surface area (Å²) in [7, 11) is 0. The molecule has 0 saturated carbocycles. The van der Waals surface area contributed by atoms with Gasteiger partial charge in [0, 0.05) is 0 Å². The van der Waals surface area contributed by atoms with Gasteiger partial charge in [-0.3, -0.25) is 0 Å². The Labute approximate surface area is 54.1 Å². The summed E-state index contributed by atoms with van der Waals surface area (Å²) in [6.07, 6.45) is -1.47. The molecule has 48 valence electrons. The number of aromatic amines is 1. The lowest BCUT2D eigenvalue weighted by Crippen LogP contribution is -2.29. The second-order valence-corrected chi connectivity index (χ2v) is 1.55. The van der Waals surface area contributed by atoms with Gasteiger partial charge in [-0.25, -0.2) is 0 Å². The van der Waals surface area contributed by atoms with Crippen LogP contribution in [0.1, 0.15) is 0 Å². The van der Waals surface area contributed by atoms with E-state index in [0.717, 1.165) is 0 Å². The Kier molecular flexibility index (Phi) is 1.27. The van der Waals surface area contributed by atoms with Crippen molar-refractivity contribution in [2.24, 2.45) is 0 Å². The molecule has 7 heteroatoms. The maximum Gasteiger partial charge on any atom is 0.244 e. The van der Waals surface area contributed by atoms with E-state index in [1.807, 2.05) is 5.21 Å². The fourth-order valence-electron chi connectivity index (χ4n) is 0.316. The Balaban J connectivity index is 3.24. The highest BCUT2D eigenvalue weighted by molar-refractivity contribution is 7.71. The van der Waals surface area contributed by atoms with Gasteiger partial charge >= 0.3 is 0 Å². The van der Waals surface area contributed by atoms with Crippen LogP contribution in [0, 0.1) is 4.77 Å². The molecule has 1 aromatic heterocycles. The number of nitrogens with one attached hydrogen (secondary N) is 1. The van der Waals surface area contributed by atoms with Crippen molar-refractivity contribution in [2.75, 3.05) is 0 Å². The summed E-state index contributed by atoms with van der Waals surface area (Å²) in [4.78, 5) is 9.96. The fourth-order valence-corrected chi connectivity index (χ4v) is 0.472. The highest BCUT2D eigenvalue weighted by atomic mass is 32.1. The zero-order valence-electron chi connectivity index (χ0n) is 4.07. The minimum Gasteiger partial charge on any atom is -0.528 e. The molecule has 1 rings (SSSR count). The largest absolute Gasteiger partial charge is 0.528 e. The van der Waals surface area contributed by atoms with E-state index in [1.54, 1.807) is 0 Å². The Morgan fingerprint density at radius 1 is 1.89 bits per heavy atom. The lowest BCUT2D eigenvalue weighted by molar-refractivity contribution is -0.251. The topological polar surface area (TPSA) is 86.6 Å². The first-order valence-electron chi connectivity index (χ1n) is 1.93. The van der Waals surface area contributed by atoms with Crippen LogP contribution in [-0.4, -0.2) is 26.3 Å². The summed E-state index contributed by atoms with van der Waals surface area (Å²) in [5.41, 5.74) is 0. The number of hydrogen-bond donors (Lipinski definition) is 1.